The number of aliphatic hydroxyl groups excluding tert-OH is 1. The van der Waals surface area contributed by atoms with Gasteiger partial charge in [-0.05, 0) is 67.7 Å². The molecule has 0 radical (unpaired) electrons. The second-order valence-electron chi connectivity index (χ2n) is 15.3. The molecule has 10 nitrogen and oxygen atoms in total. The zero-order valence-electron chi connectivity index (χ0n) is 28.0. The molecule has 10 heteroatoms. The van der Waals surface area contributed by atoms with Gasteiger partial charge >= 0.3 is 6.09 Å². The molecular weight excluding hydrogens is 584 g/mol. The SMILES string of the molecule is C=C[C@]1(C)C[C@@H](OC(=O)N2Cc3ccc(NC(=O)CN4CCN(C)CC4)cc3C2=O)[C@]2(C)[C@H](C)CC[C@]3(CCC(=O)[C@H]32)[C@@H](C)[C@@H]1O. The van der Waals surface area contributed by atoms with Crippen molar-refractivity contribution in [1.29, 1.82) is 0 Å². The van der Waals surface area contributed by atoms with E-state index in [1.165, 1.54) is 0 Å². The Labute approximate surface area is 272 Å². The monoisotopic (exact) mass is 634 g/mol. The number of anilines is 1. The number of carbonyl (C=O) groups excluding carboxylic acids is 4. The van der Waals surface area contributed by atoms with Crippen molar-refractivity contribution < 1.29 is 29.0 Å². The van der Waals surface area contributed by atoms with Crippen LogP contribution in [0.5, 0.6) is 0 Å². The number of nitrogens with one attached hydrogen (secondary N) is 1. The van der Waals surface area contributed by atoms with E-state index in [2.05, 4.69) is 49.5 Å². The van der Waals surface area contributed by atoms with Crippen molar-refractivity contribution in [3.05, 3.63) is 42.0 Å². The smallest absolute Gasteiger partial charge is 0.417 e. The summed E-state index contributed by atoms with van der Waals surface area (Å²) in [5.74, 6) is -0.821. The number of piperazine rings is 1. The molecule has 2 heterocycles. The first-order chi connectivity index (χ1) is 21.7. The lowest BCUT2D eigenvalue weighted by atomic mass is 9.44. The average molecular weight is 635 g/mol. The first-order valence-electron chi connectivity index (χ1n) is 16.9. The topological polar surface area (TPSA) is 119 Å². The van der Waals surface area contributed by atoms with Crippen LogP contribution in [0.25, 0.3) is 0 Å². The van der Waals surface area contributed by atoms with Crippen LogP contribution in [0, 0.1) is 34.0 Å². The van der Waals surface area contributed by atoms with Crippen LogP contribution in [0.2, 0.25) is 0 Å². The molecule has 4 fully saturated rings. The van der Waals surface area contributed by atoms with Gasteiger partial charge in [-0.25, -0.2) is 9.69 Å². The van der Waals surface area contributed by atoms with Crippen LogP contribution in [0.3, 0.4) is 0 Å². The number of aliphatic hydroxyl groups is 1. The van der Waals surface area contributed by atoms with Crippen molar-refractivity contribution in [2.24, 2.45) is 34.0 Å². The van der Waals surface area contributed by atoms with E-state index in [0.29, 0.717) is 29.7 Å². The van der Waals surface area contributed by atoms with Gasteiger partial charge in [0.1, 0.15) is 11.9 Å². The van der Waals surface area contributed by atoms with Crippen molar-refractivity contribution in [3.8, 4) is 0 Å². The fraction of sp³-hybridized carbons (Fsp3) is 0.667. The Kier molecular flexibility index (Phi) is 8.47. The van der Waals surface area contributed by atoms with Gasteiger partial charge in [0.2, 0.25) is 5.91 Å². The highest BCUT2D eigenvalue weighted by atomic mass is 16.6. The van der Waals surface area contributed by atoms with E-state index >= 15 is 0 Å². The standard InChI is InChI=1S/C36H50N4O6/c1-7-34(4)19-28(35(5)22(2)10-12-36(23(3)31(34)43)13-11-27(41)30(35)36)46-33(45)40-20-24-8-9-25(18-26(24)32(40)44)37-29(42)21-39-16-14-38(6)15-17-39/h7-9,18,22-23,28,30-31,43H,1,10-17,19-21H2,2-6H3,(H,37,42)/t22-,23+,28-,30+,31+,34-,35+,36+/m1/s1. The Bertz CT molecular complexity index is 1440. The summed E-state index contributed by atoms with van der Waals surface area (Å²) in [4.78, 5) is 59.5. The Hall–Kier alpha value is -3.08. The quantitative estimate of drug-likeness (QED) is 0.460. The number of rotatable bonds is 5. The van der Waals surface area contributed by atoms with Crippen LogP contribution in [-0.4, -0.2) is 95.5 Å². The van der Waals surface area contributed by atoms with Crippen molar-refractivity contribution in [3.63, 3.8) is 0 Å². The molecule has 0 spiro atoms. The Morgan fingerprint density at radius 2 is 1.85 bits per heavy atom. The summed E-state index contributed by atoms with van der Waals surface area (Å²) in [6.45, 7) is 16.1. The lowest BCUT2D eigenvalue weighted by Gasteiger charge is -2.61. The number of nitrogens with zero attached hydrogens (tertiary/aromatic N) is 3. The lowest BCUT2D eigenvalue weighted by molar-refractivity contribution is -0.192. The molecular formula is C36H50N4O6. The number of Topliss-reactive ketones (excluding diaryl/α,β-unsaturated/α-hetero) is 1. The first kappa shape index (κ1) is 32.8. The molecule has 0 aromatic heterocycles. The van der Waals surface area contributed by atoms with E-state index in [0.717, 1.165) is 50.3 Å². The average Bonchev–Trinajstić information content (AvgIpc) is 3.56. The summed E-state index contributed by atoms with van der Waals surface area (Å²) < 4.78 is 6.37. The first-order valence-corrected chi connectivity index (χ1v) is 16.9. The molecule has 2 bridgehead atoms. The molecule has 2 aliphatic heterocycles. The summed E-state index contributed by atoms with van der Waals surface area (Å²) in [7, 11) is 2.07. The normalized spacial score (nSPS) is 38.0. The van der Waals surface area contributed by atoms with Crippen LogP contribution in [0.4, 0.5) is 10.5 Å². The van der Waals surface area contributed by atoms with Gasteiger partial charge in [-0.2, -0.15) is 0 Å². The highest BCUT2D eigenvalue weighted by molar-refractivity contribution is 6.07. The number of imide groups is 1. The van der Waals surface area contributed by atoms with Gasteiger partial charge in [0.15, 0.2) is 0 Å². The fourth-order valence-corrected chi connectivity index (χ4v) is 9.62. The predicted octanol–water partition coefficient (Wildman–Crippen LogP) is 4.33. The Balaban J connectivity index is 1.22. The Morgan fingerprint density at radius 3 is 2.54 bits per heavy atom. The van der Waals surface area contributed by atoms with Crippen molar-refractivity contribution in [2.75, 3.05) is 45.1 Å². The van der Waals surface area contributed by atoms with Crippen molar-refractivity contribution >= 4 is 29.4 Å². The molecule has 3 saturated carbocycles. The molecule has 8 atom stereocenters. The minimum Gasteiger partial charge on any atom is -0.445 e. The summed E-state index contributed by atoms with van der Waals surface area (Å²) in [6, 6.07) is 5.15. The number of likely N-dealkylation sites (N-methyl/N-ethyl adjacent to an activating group) is 1. The summed E-state index contributed by atoms with van der Waals surface area (Å²) in [5, 5.41) is 14.7. The third-order valence-electron chi connectivity index (χ3n) is 12.9. The molecule has 3 aliphatic carbocycles. The minimum absolute atomic E-state index is 0.0617. The molecule has 1 aromatic carbocycles. The number of amides is 3. The van der Waals surface area contributed by atoms with Gasteiger partial charge in [-0.1, -0.05) is 39.8 Å². The highest BCUT2D eigenvalue weighted by Gasteiger charge is 2.68. The Morgan fingerprint density at radius 1 is 1.13 bits per heavy atom. The number of hydrogen-bond acceptors (Lipinski definition) is 8. The highest BCUT2D eigenvalue weighted by Crippen LogP contribution is 2.68. The largest absolute Gasteiger partial charge is 0.445 e. The molecule has 3 amide bonds. The van der Waals surface area contributed by atoms with Crippen LogP contribution in [-0.2, 0) is 20.9 Å². The van der Waals surface area contributed by atoms with E-state index in [-0.39, 0.29) is 47.9 Å². The number of ketones is 1. The second-order valence-corrected chi connectivity index (χ2v) is 15.3. The maximum absolute atomic E-state index is 14.0. The van der Waals surface area contributed by atoms with Crippen molar-refractivity contribution in [1.82, 2.24) is 14.7 Å². The van der Waals surface area contributed by atoms with E-state index in [1.54, 1.807) is 24.3 Å². The molecule has 1 aromatic rings. The molecule has 250 valence electrons. The van der Waals surface area contributed by atoms with Gasteiger partial charge in [0.25, 0.3) is 5.91 Å². The molecule has 46 heavy (non-hydrogen) atoms. The van der Waals surface area contributed by atoms with Gasteiger partial charge in [-0.15, -0.1) is 6.58 Å². The molecule has 5 aliphatic rings. The molecule has 2 N–H and O–H groups in total. The third kappa shape index (κ3) is 5.21. The summed E-state index contributed by atoms with van der Waals surface area (Å²) in [6.07, 6.45) is 2.73. The zero-order chi connectivity index (χ0) is 33.2. The number of fused-ring (bicyclic) bond motifs is 1. The van der Waals surface area contributed by atoms with Gasteiger partial charge in [0, 0.05) is 60.6 Å². The van der Waals surface area contributed by atoms with Gasteiger partial charge in [-0.3, -0.25) is 19.3 Å². The number of carbonyl (C=O) groups is 4. The van der Waals surface area contributed by atoms with E-state index in [9.17, 15) is 24.3 Å². The maximum Gasteiger partial charge on any atom is 0.417 e. The lowest BCUT2D eigenvalue weighted by Crippen LogP contribution is -2.63. The molecule has 6 rings (SSSR count). The van der Waals surface area contributed by atoms with Crippen LogP contribution in [0.15, 0.2) is 30.9 Å². The molecule has 1 saturated heterocycles. The van der Waals surface area contributed by atoms with Gasteiger partial charge < -0.3 is 20.1 Å². The van der Waals surface area contributed by atoms with Crippen LogP contribution in [0.1, 0.15) is 75.7 Å². The number of benzene rings is 1. The second kappa shape index (κ2) is 11.9. The third-order valence-corrected chi connectivity index (χ3v) is 12.9. The van der Waals surface area contributed by atoms with Gasteiger partial charge in [0.05, 0.1) is 19.2 Å². The summed E-state index contributed by atoms with van der Waals surface area (Å²) in [5.41, 5.74) is -0.268. The number of hydrogen-bond donors (Lipinski definition) is 2. The maximum atomic E-state index is 14.0. The van der Waals surface area contributed by atoms with Crippen LogP contribution < -0.4 is 5.32 Å². The fourth-order valence-electron chi connectivity index (χ4n) is 9.62. The summed E-state index contributed by atoms with van der Waals surface area (Å²) >= 11 is 0. The van der Waals surface area contributed by atoms with Crippen molar-refractivity contribution in [2.45, 2.75) is 78.6 Å². The predicted molar refractivity (Wildman–Crippen MR) is 174 cm³/mol. The van der Waals surface area contributed by atoms with E-state index in [4.69, 9.17) is 4.74 Å². The number of ether oxygens (including phenoxy) is 1. The minimum atomic E-state index is -0.764. The molecule has 0 unspecified atom stereocenters. The van der Waals surface area contributed by atoms with Crippen LogP contribution >= 0.6 is 0 Å². The van der Waals surface area contributed by atoms with E-state index < -0.39 is 35.0 Å². The zero-order valence-corrected chi connectivity index (χ0v) is 28.0. The van der Waals surface area contributed by atoms with E-state index in [1.807, 2.05) is 6.92 Å².